The average molecular weight is 164 g/mol. The molecule has 1 saturated carbocycles. The minimum atomic E-state index is 0.956. The van der Waals surface area contributed by atoms with E-state index in [1.54, 1.807) is 0 Å². The molecule has 0 aromatic heterocycles. The molecular formula is C12H20. The van der Waals surface area contributed by atoms with Gasteiger partial charge in [-0.3, -0.25) is 0 Å². The molecular weight excluding hydrogens is 144 g/mol. The summed E-state index contributed by atoms with van der Waals surface area (Å²) in [6.07, 6.45) is 13.6. The molecule has 2 aliphatic carbocycles. The molecule has 0 radical (unpaired) electrons. The molecule has 0 spiro atoms. The first-order chi connectivity index (χ1) is 5.92. The van der Waals surface area contributed by atoms with E-state index in [-0.39, 0.29) is 0 Å². The molecule has 0 N–H and O–H groups in total. The Labute approximate surface area is 76.1 Å². The minimum absolute atomic E-state index is 0.956. The zero-order valence-electron chi connectivity index (χ0n) is 8.13. The van der Waals surface area contributed by atoms with Crippen molar-refractivity contribution in [2.24, 2.45) is 17.8 Å². The first kappa shape index (κ1) is 8.34. The van der Waals surface area contributed by atoms with Crippen molar-refractivity contribution in [2.75, 3.05) is 0 Å². The molecule has 1 fully saturated rings. The summed E-state index contributed by atoms with van der Waals surface area (Å²) in [6.45, 7) is 2.36. The summed E-state index contributed by atoms with van der Waals surface area (Å²) in [5.74, 6) is 3.02. The Morgan fingerprint density at radius 1 is 1.25 bits per heavy atom. The fourth-order valence-corrected chi connectivity index (χ4v) is 3.08. The van der Waals surface area contributed by atoms with E-state index in [9.17, 15) is 0 Å². The fourth-order valence-electron chi connectivity index (χ4n) is 3.08. The Hall–Kier alpha value is -0.260. The van der Waals surface area contributed by atoms with Crippen LogP contribution in [-0.4, -0.2) is 0 Å². The van der Waals surface area contributed by atoms with Gasteiger partial charge in [0.2, 0.25) is 0 Å². The maximum Gasteiger partial charge on any atom is -0.0202 e. The van der Waals surface area contributed by atoms with E-state index >= 15 is 0 Å². The van der Waals surface area contributed by atoms with Crippen molar-refractivity contribution in [3.05, 3.63) is 12.2 Å². The van der Waals surface area contributed by atoms with Gasteiger partial charge in [0, 0.05) is 0 Å². The van der Waals surface area contributed by atoms with Crippen molar-refractivity contribution in [3.63, 3.8) is 0 Å². The Balaban J connectivity index is 2.07. The van der Waals surface area contributed by atoms with Crippen molar-refractivity contribution >= 4 is 0 Å². The van der Waals surface area contributed by atoms with Crippen molar-refractivity contribution in [2.45, 2.75) is 45.4 Å². The molecule has 0 aromatic rings. The van der Waals surface area contributed by atoms with Gasteiger partial charge in [-0.15, -0.1) is 0 Å². The predicted octanol–water partition coefficient (Wildman–Crippen LogP) is 3.78. The third kappa shape index (κ3) is 1.44. The Morgan fingerprint density at radius 3 is 2.92 bits per heavy atom. The predicted molar refractivity (Wildman–Crippen MR) is 53.0 cm³/mol. The van der Waals surface area contributed by atoms with Crippen molar-refractivity contribution in [1.82, 2.24) is 0 Å². The molecule has 3 atom stereocenters. The van der Waals surface area contributed by atoms with E-state index in [1.165, 1.54) is 38.5 Å². The quantitative estimate of drug-likeness (QED) is 0.517. The highest BCUT2D eigenvalue weighted by Gasteiger charge is 2.30. The molecule has 0 bridgehead atoms. The first-order valence-electron chi connectivity index (χ1n) is 5.58. The number of hydrogen-bond donors (Lipinski definition) is 0. The molecule has 0 heterocycles. The maximum atomic E-state index is 2.50. The van der Waals surface area contributed by atoms with Crippen molar-refractivity contribution in [1.29, 1.82) is 0 Å². The van der Waals surface area contributed by atoms with Crippen LogP contribution in [0.5, 0.6) is 0 Å². The molecule has 12 heavy (non-hydrogen) atoms. The lowest BCUT2D eigenvalue weighted by Gasteiger charge is -2.37. The summed E-state index contributed by atoms with van der Waals surface area (Å²) >= 11 is 0. The third-order valence-electron chi connectivity index (χ3n) is 3.83. The Bertz CT molecular complexity index is 169. The van der Waals surface area contributed by atoms with Gasteiger partial charge < -0.3 is 0 Å². The molecule has 2 rings (SSSR count). The number of hydrogen-bond acceptors (Lipinski definition) is 0. The van der Waals surface area contributed by atoms with Crippen molar-refractivity contribution < 1.29 is 0 Å². The zero-order chi connectivity index (χ0) is 8.39. The molecule has 2 aliphatic rings. The third-order valence-corrected chi connectivity index (χ3v) is 3.83. The van der Waals surface area contributed by atoms with E-state index in [2.05, 4.69) is 19.1 Å². The monoisotopic (exact) mass is 164 g/mol. The van der Waals surface area contributed by atoms with Crippen LogP contribution in [0.25, 0.3) is 0 Å². The second-order valence-corrected chi connectivity index (χ2v) is 4.44. The van der Waals surface area contributed by atoms with Gasteiger partial charge in [0.25, 0.3) is 0 Å². The van der Waals surface area contributed by atoms with E-state index in [0.717, 1.165) is 17.8 Å². The van der Waals surface area contributed by atoms with Crippen LogP contribution in [0.2, 0.25) is 0 Å². The van der Waals surface area contributed by atoms with Crippen LogP contribution >= 0.6 is 0 Å². The van der Waals surface area contributed by atoms with Crippen LogP contribution in [0, 0.1) is 17.8 Å². The van der Waals surface area contributed by atoms with E-state index in [4.69, 9.17) is 0 Å². The second-order valence-electron chi connectivity index (χ2n) is 4.44. The maximum absolute atomic E-state index is 2.50. The number of allylic oxidation sites excluding steroid dienone is 2. The fraction of sp³-hybridized carbons (Fsp3) is 0.833. The normalized spacial score (nSPS) is 40.9. The van der Waals surface area contributed by atoms with Gasteiger partial charge in [-0.05, 0) is 37.0 Å². The summed E-state index contributed by atoms with van der Waals surface area (Å²) < 4.78 is 0. The first-order valence-corrected chi connectivity index (χ1v) is 5.58. The average Bonchev–Trinajstić information content (AvgIpc) is 2.17. The van der Waals surface area contributed by atoms with E-state index in [0.29, 0.717) is 0 Å². The molecule has 0 nitrogen and oxygen atoms in total. The lowest BCUT2D eigenvalue weighted by molar-refractivity contribution is 0.179. The highest BCUT2D eigenvalue weighted by molar-refractivity contribution is 5.01. The summed E-state index contributed by atoms with van der Waals surface area (Å²) in [6, 6.07) is 0. The van der Waals surface area contributed by atoms with Gasteiger partial charge in [-0.25, -0.2) is 0 Å². The largest absolute Gasteiger partial charge is 0.0880 e. The smallest absolute Gasteiger partial charge is 0.0202 e. The van der Waals surface area contributed by atoms with Gasteiger partial charge in [-0.1, -0.05) is 38.3 Å². The van der Waals surface area contributed by atoms with Gasteiger partial charge in [0.05, 0.1) is 0 Å². The Kier molecular flexibility index (Phi) is 2.53. The van der Waals surface area contributed by atoms with Gasteiger partial charge in [0.1, 0.15) is 0 Å². The Morgan fingerprint density at radius 2 is 2.08 bits per heavy atom. The van der Waals surface area contributed by atoms with Crippen LogP contribution in [0.3, 0.4) is 0 Å². The molecule has 3 unspecified atom stereocenters. The van der Waals surface area contributed by atoms with Crippen LogP contribution < -0.4 is 0 Å². The van der Waals surface area contributed by atoms with Gasteiger partial charge in [0.15, 0.2) is 0 Å². The highest BCUT2D eigenvalue weighted by Crippen LogP contribution is 2.41. The molecule has 68 valence electrons. The SMILES string of the molecule is CCC1CC=CC2CCCCC21. The lowest BCUT2D eigenvalue weighted by Crippen LogP contribution is -2.27. The van der Waals surface area contributed by atoms with Gasteiger partial charge in [-0.2, -0.15) is 0 Å². The molecule has 0 heteroatoms. The number of rotatable bonds is 1. The summed E-state index contributed by atoms with van der Waals surface area (Å²) in [7, 11) is 0. The summed E-state index contributed by atoms with van der Waals surface area (Å²) in [5.41, 5.74) is 0. The molecule has 0 amide bonds. The summed E-state index contributed by atoms with van der Waals surface area (Å²) in [5, 5.41) is 0. The number of fused-ring (bicyclic) bond motifs is 1. The minimum Gasteiger partial charge on any atom is -0.0880 e. The highest BCUT2D eigenvalue weighted by atomic mass is 14.4. The zero-order valence-corrected chi connectivity index (χ0v) is 8.13. The van der Waals surface area contributed by atoms with Gasteiger partial charge >= 0.3 is 0 Å². The van der Waals surface area contributed by atoms with E-state index < -0.39 is 0 Å². The second kappa shape index (κ2) is 3.64. The molecule has 0 saturated heterocycles. The topological polar surface area (TPSA) is 0 Å². The van der Waals surface area contributed by atoms with Crippen LogP contribution in [0.4, 0.5) is 0 Å². The lowest BCUT2D eigenvalue weighted by atomic mass is 9.68. The molecule has 0 aliphatic heterocycles. The van der Waals surface area contributed by atoms with E-state index in [1.807, 2.05) is 0 Å². The van der Waals surface area contributed by atoms with Crippen LogP contribution in [0.1, 0.15) is 45.4 Å². The molecule has 0 aromatic carbocycles. The standard InChI is InChI=1S/C12H20/c1-2-10-7-5-8-11-6-3-4-9-12(10)11/h5,8,10-12H,2-4,6-7,9H2,1H3. The van der Waals surface area contributed by atoms with Crippen molar-refractivity contribution in [3.8, 4) is 0 Å². The van der Waals surface area contributed by atoms with Crippen LogP contribution in [-0.2, 0) is 0 Å². The summed E-state index contributed by atoms with van der Waals surface area (Å²) in [4.78, 5) is 0. The van der Waals surface area contributed by atoms with Crippen LogP contribution in [0.15, 0.2) is 12.2 Å².